The first-order chi connectivity index (χ1) is 6.99. The van der Waals surface area contributed by atoms with E-state index in [1.807, 2.05) is 0 Å². The predicted octanol–water partition coefficient (Wildman–Crippen LogP) is 0.935. The Morgan fingerprint density at radius 3 is 2.40 bits per heavy atom. The van der Waals surface area contributed by atoms with Crippen LogP contribution in [-0.4, -0.2) is 49.3 Å². The van der Waals surface area contributed by atoms with Crippen molar-refractivity contribution in [1.82, 2.24) is 10.2 Å². The SMILES string of the molecule is CC(C)C1CC(CO)(NCCN(C)C)C1. The molecule has 0 heterocycles. The van der Waals surface area contributed by atoms with Gasteiger partial charge in [-0.25, -0.2) is 0 Å². The van der Waals surface area contributed by atoms with E-state index >= 15 is 0 Å². The summed E-state index contributed by atoms with van der Waals surface area (Å²) < 4.78 is 0. The molecule has 1 aliphatic carbocycles. The Bertz CT molecular complexity index is 186. The molecule has 0 atom stereocenters. The van der Waals surface area contributed by atoms with Crippen LogP contribution in [0.1, 0.15) is 26.7 Å². The van der Waals surface area contributed by atoms with Gasteiger partial charge in [0.05, 0.1) is 6.61 Å². The summed E-state index contributed by atoms with van der Waals surface area (Å²) >= 11 is 0. The van der Waals surface area contributed by atoms with Crippen molar-refractivity contribution in [2.45, 2.75) is 32.2 Å². The van der Waals surface area contributed by atoms with Gasteiger partial charge in [0.2, 0.25) is 0 Å². The molecule has 0 saturated heterocycles. The van der Waals surface area contributed by atoms with Gasteiger partial charge in [0.15, 0.2) is 0 Å². The Labute approximate surface area is 93.9 Å². The third-order valence-electron chi connectivity index (χ3n) is 3.61. The molecule has 0 bridgehead atoms. The monoisotopic (exact) mass is 214 g/mol. The molecule has 1 aliphatic rings. The molecule has 0 unspecified atom stereocenters. The zero-order chi connectivity index (χ0) is 11.5. The fourth-order valence-electron chi connectivity index (χ4n) is 2.29. The lowest BCUT2D eigenvalue weighted by Gasteiger charge is -2.49. The van der Waals surface area contributed by atoms with Crippen LogP contribution in [0.25, 0.3) is 0 Å². The molecule has 1 saturated carbocycles. The van der Waals surface area contributed by atoms with Gasteiger partial charge in [-0.15, -0.1) is 0 Å². The van der Waals surface area contributed by atoms with Gasteiger partial charge in [-0.05, 0) is 38.8 Å². The molecule has 0 radical (unpaired) electrons. The molecule has 0 amide bonds. The van der Waals surface area contributed by atoms with Gasteiger partial charge in [0.25, 0.3) is 0 Å². The average Bonchev–Trinajstić information content (AvgIpc) is 2.08. The number of aliphatic hydroxyl groups is 1. The maximum absolute atomic E-state index is 9.43. The van der Waals surface area contributed by atoms with E-state index in [0.29, 0.717) is 0 Å². The maximum atomic E-state index is 9.43. The summed E-state index contributed by atoms with van der Waals surface area (Å²) in [5, 5.41) is 12.9. The minimum atomic E-state index is 0.0327. The van der Waals surface area contributed by atoms with Crippen LogP contribution >= 0.6 is 0 Å². The van der Waals surface area contributed by atoms with Gasteiger partial charge in [-0.1, -0.05) is 13.8 Å². The van der Waals surface area contributed by atoms with E-state index in [4.69, 9.17) is 0 Å². The normalized spacial score (nSPS) is 31.0. The van der Waals surface area contributed by atoms with E-state index in [9.17, 15) is 5.11 Å². The number of aliphatic hydroxyl groups excluding tert-OH is 1. The summed E-state index contributed by atoms with van der Waals surface area (Å²) in [4.78, 5) is 2.16. The van der Waals surface area contributed by atoms with Crippen LogP contribution in [-0.2, 0) is 0 Å². The predicted molar refractivity (Wildman–Crippen MR) is 63.9 cm³/mol. The van der Waals surface area contributed by atoms with E-state index in [0.717, 1.165) is 37.8 Å². The lowest BCUT2D eigenvalue weighted by atomic mass is 9.64. The molecule has 0 aromatic carbocycles. The number of hydrogen-bond acceptors (Lipinski definition) is 3. The largest absolute Gasteiger partial charge is 0.394 e. The first-order valence-electron chi connectivity index (χ1n) is 6.00. The summed E-state index contributed by atoms with van der Waals surface area (Å²) in [6.07, 6.45) is 2.27. The smallest absolute Gasteiger partial charge is 0.0613 e. The summed E-state index contributed by atoms with van der Waals surface area (Å²) in [5.41, 5.74) is 0.0327. The van der Waals surface area contributed by atoms with Crippen molar-refractivity contribution in [2.24, 2.45) is 11.8 Å². The highest BCUT2D eigenvalue weighted by Crippen LogP contribution is 2.41. The lowest BCUT2D eigenvalue weighted by Crippen LogP contribution is -2.59. The lowest BCUT2D eigenvalue weighted by molar-refractivity contribution is 0.0182. The van der Waals surface area contributed by atoms with Gasteiger partial charge in [-0.3, -0.25) is 0 Å². The van der Waals surface area contributed by atoms with Crippen LogP contribution in [0.3, 0.4) is 0 Å². The first-order valence-corrected chi connectivity index (χ1v) is 6.00. The van der Waals surface area contributed by atoms with Crippen LogP contribution < -0.4 is 5.32 Å². The second-order valence-corrected chi connectivity index (χ2v) is 5.58. The van der Waals surface area contributed by atoms with Gasteiger partial charge >= 0.3 is 0 Å². The summed E-state index contributed by atoms with van der Waals surface area (Å²) in [6.45, 7) is 6.83. The van der Waals surface area contributed by atoms with E-state index in [1.54, 1.807) is 0 Å². The molecule has 0 spiro atoms. The Kier molecular flexibility index (Phi) is 4.56. The highest BCUT2D eigenvalue weighted by atomic mass is 16.3. The molecule has 0 aromatic heterocycles. The third-order valence-corrected chi connectivity index (χ3v) is 3.61. The van der Waals surface area contributed by atoms with Gasteiger partial charge in [0, 0.05) is 18.6 Å². The van der Waals surface area contributed by atoms with Crippen LogP contribution in [0, 0.1) is 11.8 Å². The topological polar surface area (TPSA) is 35.5 Å². The summed E-state index contributed by atoms with van der Waals surface area (Å²) in [7, 11) is 4.15. The molecule has 1 rings (SSSR count). The van der Waals surface area contributed by atoms with E-state index < -0.39 is 0 Å². The summed E-state index contributed by atoms with van der Waals surface area (Å²) in [6, 6.07) is 0. The number of hydrogen-bond donors (Lipinski definition) is 2. The van der Waals surface area contributed by atoms with Crippen molar-refractivity contribution in [3.8, 4) is 0 Å². The zero-order valence-electron chi connectivity index (χ0n) is 10.6. The van der Waals surface area contributed by atoms with Gasteiger partial charge < -0.3 is 15.3 Å². The van der Waals surface area contributed by atoms with Crippen LogP contribution in [0.5, 0.6) is 0 Å². The molecule has 0 aromatic rings. The molecule has 1 fully saturated rings. The summed E-state index contributed by atoms with van der Waals surface area (Å²) in [5.74, 6) is 1.55. The number of rotatable bonds is 6. The molecule has 2 N–H and O–H groups in total. The van der Waals surface area contributed by atoms with Crippen molar-refractivity contribution < 1.29 is 5.11 Å². The number of nitrogens with zero attached hydrogens (tertiary/aromatic N) is 1. The minimum Gasteiger partial charge on any atom is -0.394 e. The maximum Gasteiger partial charge on any atom is 0.0613 e. The quantitative estimate of drug-likeness (QED) is 0.690. The highest BCUT2D eigenvalue weighted by Gasteiger charge is 2.44. The molecule has 0 aliphatic heterocycles. The number of nitrogens with one attached hydrogen (secondary N) is 1. The van der Waals surface area contributed by atoms with Crippen molar-refractivity contribution >= 4 is 0 Å². The minimum absolute atomic E-state index is 0.0327. The number of likely N-dealkylation sites (N-methyl/N-ethyl adjacent to an activating group) is 1. The molecule has 3 heteroatoms. The molecule has 3 nitrogen and oxygen atoms in total. The van der Waals surface area contributed by atoms with Crippen molar-refractivity contribution in [3.63, 3.8) is 0 Å². The van der Waals surface area contributed by atoms with E-state index in [2.05, 4.69) is 38.2 Å². The van der Waals surface area contributed by atoms with Crippen LogP contribution in [0.4, 0.5) is 0 Å². The van der Waals surface area contributed by atoms with Crippen molar-refractivity contribution in [3.05, 3.63) is 0 Å². The third kappa shape index (κ3) is 3.44. The Hall–Kier alpha value is -0.120. The van der Waals surface area contributed by atoms with Gasteiger partial charge in [-0.2, -0.15) is 0 Å². The van der Waals surface area contributed by atoms with Crippen LogP contribution in [0.2, 0.25) is 0 Å². The van der Waals surface area contributed by atoms with E-state index in [-0.39, 0.29) is 12.1 Å². The Morgan fingerprint density at radius 1 is 1.40 bits per heavy atom. The fourth-order valence-corrected chi connectivity index (χ4v) is 2.29. The van der Waals surface area contributed by atoms with Gasteiger partial charge in [0.1, 0.15) is 0 Å². The molecule has 90 valence electrons. The Balaban J connectivity index is 2.26. The standard InChI is InChI=1S/C12H26N2O/c1-10(2)11-7-12(8-11,9-15)13-5-6-14(3)4/h10-11,13,15H,5-9H2,1-4H3. The Morgan fingerprint density at radius 2 is 2.00 bits per heavy atom. The van der Waals surface area contributed by atoms with Crippen molar-refractivity contribution in [2.75, 3.05) is 33.8 Å². The second-order valence-electron chi connectivity index (χ2n) is 5.58. The molecular formula is C12H26N2O. The highest BCUT2D eigenvalue weighted by molar-refractivity contribution is 5.01. The second kappa shape index (κ2) is 5.28. The zero-order valence-corrected chi connectivity index (χ0v) is 10.6. The van der Waals surface area contributed by atoms with Crippen LogP contribution in [0.15, 0.2) is 0 Å². The molecule has 15 heavy (non-hydrogen) atoms. The average molecular weight is 214 g/mol. The fraction of sp³-hybridized carbons (Fsp3) is 1.00. The van der Waals surface area contributed by atoms with E-state index in [1.165, 1.54) is 0 Å². The molecular weight excluding hydrogens is 188 g/mol. The van der Waals surface area contributed by atoms with Crippen molar-refractivity contribution in [1.29, 1.82) is 0 Å². The first kappa shape index (κ1) is 12.9.